The fourth-order valence-electron chi connectivity index (χ4n) is 1.39. The van der Waals surface area contributed by atoms with Crippen molar-refractivity contribution in [3.8, 4) is 5.75 Å². The fraction of sp³-hybridized carbons (Fsp3) is 0.455. The van der Waals surface area contributed by atoms with Gasteiger partial charge in [-0.15, -0.1) is 0 Å². The Bertz CT molecular complexity index is 393. The number of aliphatic hydroxyl groups is 1. The second-order valence-corrected chi connectivity index (χ2v) is 3.88. The van der Waals surface area contributed by atoms with Gasteiger partial charge in [0.15, 0.2) is 0 Å². The molecule has 0 aromatic heterocycles. The molecule has 1 aliphatic rings. The van der Waals surface area contributed by atoms with Crippen molar-refractivity contribution in [1.29, 1.82) is 0 Å². The second-order valence-electron chi connectivity index (χ2n) is 3.88. The number of aliphatic hydroxyl groups excluding tert-OH is 1. The summed E-state index contributed by atoms with van der Waals surface area (Å²) >= 11 is 0. The third-order valence-electron chi connectivity index (χ3n) is 2.60. The summed E-state index contributed by atoms with van der Waals surface area (Å²) in [4.78, 5) is 0. The number of ether oxygens (including phenoxy) is 1. The quantitative estimate of drug-likeness (QED) is 0.863. The first kappa shape index (κ1) is 11.3. The van der Waals surface area contributed by atoms with Crippen molar-refractivity contribution in [3.05, 3.63) is 29.6 Å². The molecule has 1 N–H and O–H groups in total. The van der Waals surface area contributed by atoms with Gasteiger partial charge in [-0.1, -0.05) is 6.07 Å². The minimum absolute atomic E-state index is 0.106. The van der Waals surface area contributed by atoms with Crippen LogP contribution in [0.3, 0.4) is 0 Å². The van der Waals surface area contributed by atoms with Crippen LogP contribution in [0.1, 0.15) is 12.0 Å². The first-order valence-corrected chi connectivity index (χ1v) is 4.93. The van der Waals surface area contributed by atoms with Crippen molar-refractivity contribution in [1.82, 2.24) is 0 Å². The van der Waals surface area contributed by atoms with E-state index in [1.807, 2.05) is 0 Å². The summed E-state index contributed by atoms with van der Waals surface area (Å²) in [5.41, 5.74) is 0.157. The zero-order chi connectivity index (χ0) is 11.8. The molecule has 16 heavy (non-hydrogen) atoms. The Morgan fingerprint density at radius 2 is 2.12 bits per heavy atom. The predicted molar refractivity (Wildman–Crippen MR) is 50.9 cm³/mol. The van der Waals surface area contributed by atoms with Gasteiger partial charge in [-0.05, 0) is 6.07 Å². The van der Waals surface area contributed by atoms with Gasteiger partial charge >= 0.3 is 0 Å². The highest BCUT2D eigenvalue weighted by Gasteiger charge is 2.57. The standard InChI is InChI=1S/C11H11F3O2/c12-10-3-9(2-1-7(10)5-15)16-6-8-4-11(8,13)14/h1-3,8,15H,4-6H2. The molecule has 0 amide bonds. The summed E-state index contributed by atoms with van der Waals surface area (Å²) in [5.74, 6) is -3.77. The molecule has 1 fully saturated rings. The van der Waals surface area contributed by atoms with Gasteiger partial charge in [0.1, 0.15) is 11.6 Å². The smallest absolute Gasteiger partial charge is 0.255 e. The monoisotopic (exact) mass is 232 g/mol. The van der Waals surface area contributed by atoms with E-state index in [0.29, 0.717) is 0 Å². The summed E-state index contributed by atoms with van der Waals surface area (Å²) in [7, 11) is 0. The average Bonchev–Trinajstić information content (AvgIpc) is 2.84. The van der Waals surface area contributed by atoms with Crippen LogP contribution in [0.15, 0.2) is 18.2 Å². The summed E-state index contributed by atoms with van der Waals surface area (Å²) in [5, 5.41) is 8.73. The van der Waals surface area contributed by atoms with Crippen molar-refractivity contribution in [3.63, 3.8) is 0 Å². The third kappa shape index (κ3) is 2.29. The van der Waals surface area contributed by atoms with Gasteiger partial charge in [0.05, 0.1) is 19.1 Å². The molecule has 0 radical (unpaired) electrons. The molecular formula is C11H11F3O2. The van der Waals surface area contributed by atoms with Gasteiger partial charge in [-0.2, -0.15) is 0 Å². The maximum atomic E-state index is 13.2. The van der Waals surface area contributed by atoms with Crippen LogP contribution < -0.4 is 4.74 Å². The minimum atomic E-state index is -2.62. The molecule has 1 aromatic rings. The minimum Gasteiger partial charge on any atom is -0.493 e. The molecule has 0 heterocycles. The molecule has 1 saturated carbocycles. The number of benzene rings is 1. The van der Waals surface area contributed by atoms with E-state index in [9.17, 15) is 13.2 Å². The lowest BCUT2D eigenvalue weighted by Crippen LogP contribution is -2.06. The van der Waals surface area contributed by atoms with Crippen LogP contribution in [0.2, 0.25) is 0 Å². The molecule has 0 bridgehead atoms. The molecular weight excluding hydrogens is 221 g/mol. The van der Waals surface area contributed by atoms with Gasteiger partial charge in [0, 0.05) is 18.1 Å². The first-order chi connectivity index (χ1) is 7.53. The Balaban J connectivity index is 1.93. The first-order valence-electron chi connectivity index (χ1n) is 4.93. The molecule has 1 atom stereocenters. The van der Waals surface area contributed by atoms with E-state index in [-0.39, 0.29) is 24.3 Å². The van der Waals surface area contributed by atoms with Gasteiger partial charge < -0.3 is 9.84 Å². The van der Waals surface area contributed by atoms with E-state index in [1.165, 1.54) is 12.1 Å². The number of hydrogen-bond donors (Lipinski definition) is 1. The molecule has 88 valence electrons. The summed E-state index contributed by atoms with van der Waals surface area (Å²) in [6.45, 7) is -0.502. The van der Waals surface area contributed by atoms with Crippen molar-refractivity contribution in [2.75, 3.05) is 6.61 Å². The highest BCUT2D eigenvalue weighted by Crippen LogP contribution is 2.48. The molecule has 0 spiro atoms. The Labute approximate surface area is 90.7 Å². The largest absolute Gasteiger partial charge is 0.493 e. The van der Waals surface area contributed by atoms with E-state index in [1.54, 1.807) is 0 Å². The topological polar surface area (TPSA) is 29.5 Å². The van der Waals surface area contributed by atoms with Gasteiger partial charge in [0.2, 0.25) is 0 Å². The van der Waals surface area contributed by atoms with Crippen molar-refractivity contribution in [2.45, 2.75) is 19.0 Å². The Kier molecular flexibility index (Phi) is 2.80. The lowest BCUT2D eigenvalue weighted by Gasteiger charge is -2.06. The molecule has 1 aliphatic carbocycles. The zero-order valence-electron chi connectivity index (χ0n) is 8.42. The molecule has 0 saturated heterocycles. The van der Waals surface area contributed by atoms with E-state index in [0.717, 1.165) is 6.07 Å². The van der Waals surface area contributed by atoms with Crippen LogP contribution in [-0.2, 0) is 6.61 Å². The van der Waals surface area contributed by atoms with Crippen LogP contribution in [0.5, 0.6) is 5.75 Å². The summed E-state index contributed by atoms with van der Waals surface area (Å²) in [6, 6.07) is 3.91. The normalized spacial score (nSPS) is 21.9. The lowest BCUT2D eigenvalue weighted by atomic mass is 10.2. The highest BCUT2D eigenvalue weighted by molar-refractivity contribution is 5.28. The van der Waals surface area contributed by atoms with Crippen LogP contribution in [0.25, 0.3) is 0 Å². The van der Waals surface area contributed by atoms with Crippen LogP contribution >= 0.6 is 0 Å². The summed E-state index contributed by atoms with van der Waals surface area (Å²) < 4.78 is 43.2. The Hall–Kier alpha value is -1.23. The molecule has 5 heteroatoms. The molecule has 0 aliphatic heterocycles. The molecule has 1 aromatic carbocycles. The van der Waals surface area contributed by atoms with Crippen LogP contribution in [0.4, 0.5) is 13.2 Å². The van der Waals surface area contributed by atoms with E-state index < -0.39 is 24.3 Å². The Morgan fingerprint density at radius 1 is 1.44 bits per heavy atom. The second kappa shape index (κ2) is 3.97. The number of alkyl halides is 2. The Morgan fingerprint density at radius 3 is 2.62 bits per heavy atom. The number of rotatable bonds is 4. The lowest BCUT2D eigenvalue weighted by molar-refractivity contribution is 0.0855. The molecule has 2 nitrogen and oxygen atoms in total. The van der Waals surface area contributed by atoms with Gasteiger partial charge in [-0.3, -0.25) is 0 Å². The molecule has 1 unspecified atom stereocenters. The summed E-state index contributed by atoms with van der Waals surface area (Å²) in [6.07, 6.45) is -0.162. The van der Waals surface area contributed by atoms with Crippen molar-refractivity contribution >= 4 is 0 Å². The van der Waals surface area contributed by atoms with Crippen LogP contribution in [0, 0.1) is 11.7 Å². The average molecular weight is 232 g/mol. The van der Waals surface area contributed by atoms with Gasteiger partial charge in [0.25, 0.3) is 5.92 Å². The maximum absolute atomic E-state index is 13.2. The van der Waals surface area contributed by atoms with Crippen molar-refractivity contribution < 1.29 is 23.0 Å². The fourth-order valence-corrected chi connectivity index (χ4v) is 1.39. The SMILES string of the molecule is OCc1ccc(OCC2CC2(F)F)cc1F. The zero-order valence-corrected chi connectivity index (χ0v) is 8.42. The van der Waals surface area contributed by atoms with Gasteiger partial charge in [-0.25, -0.2) is 13.2 Å². The van der Waals surface area contributed by atoms with Crippen molar-refractivity contribution in [2.24, 2.45) is 5.92 Å². The van der Waals surface area contributed by atoms with Crippen LogP contribution in [-0.4, -0.2) is 17.6 Å². The number of hydrogen-bond acceptors (Lipinski definition) is 2. The highest BCUT2D eigenvalue weighted by atomic mass is 19.3. The molecule has 2 rings (SSSR count). The van der Waals surface area contributed by atoms with E-state index in [4.69, 9.17) is 9.84 Å². The predicted octanol–water partition coefficient (Wildman–Crippen LogP) is 2.35. The number of halogens is 3. The van der Waals surface area contributed by atoms with E-state index in [2.05, 4.69) is 0 Å². The maximum Gasteiger partial charge on any atom is 0.255 e. The third-order valence-corrected chi connectivity index (χ3v) is 2.60. The van der Waals surface area contributed by atoms with E-state index >= 15 is 0 Å².